The second kappa shape index (κ2) is 47.6. The Morgan fingerprint density at radius 3 is 1.69 bits per heavy atom. The summed E-state index contributed by atoms with van der Waals surface area (Å²) in [6.45, 7) is 2.18. The van der Waals surface area contributed by atoms with Crippen LogP contribution in [-0.2, 0) is 102 Å². The standard InChI is InChI=1S/C72H101N17O26/c1-5-35(2)15-8-6-7-9-21-54(93)81-45(25-38-31-76-42-19-13-11-16-39(38)42)67(109)85-46(27-53(75)92)68(110)87-49(30-60(102)103)69(111)89-61-37(4)115-72(114)50(26-52(91)40-17-10-12-18-41(40)74)88-65(107)44(22-23-57(96)97)83-70(112)51(34-90)82-56(95)32-77-63(105)47(28-58(98)99)84-62(104)36(3)79-66(108)48(29-59(100)101)86-64(106)43(20-14-24-73)80-55(94)33-78-71(61)113/h10-13,16-19,31,35-37,43-51,61,76,90H,5-9,14-15,20-30,32-34,73-74H2,1-4H3,(H2,75,92)(H,77,105)(H,78,113)(H,79,108)(H,80,94)(H,81,93)(H,82,95)(H,83,112)(H,84,104)(H,85,109)(H,86,106)(H,87,110)(H,88,107)(H,89,111)(H,96,97)(H,98,99)(H,100,101)(H,102,103)/t35?,36-,37-,43+,44+,45+,46+,47+,48+,49+,50+,51-,61+/m1/s1. The summed E-state index contributed by atoms with van der Waals surface area (Å²) in [7, 11) is 0. The number of rotatable bonds is 35. The zero-order valence-electron chi connectivity index (χ0n) is 63.6. The summed E-state index contributed by atoms with van der Waals surface area (Å²) in [6, 6.07) is -10.5. The van der Waals surface area contributed by atoms with Crippen molar-refractivity contribution in [2.24, 2.45) is 17.4 Å². The number of carboxylic acids is 4. The van der Waals surface area contributed by atoms with Crippen LogP contribution in [0.1, 0.15) is 146 Å². The molecule has 630 valence electrons. The fraction of sp³-hybridized carbons (Fsp3) is 0.528. The number of nitrogens with two attached hydrogens (primary N) is 3. The number of benzene rings is 2. The van der Waals surface area contributed by atoms with Crippen LogP contribution in [0.3, 0.4) is 0 Å². The minimum atomic E-state index is -2.45. The van der Waals surface area contributed by atoms with Gasteiger partial charge in [-0.15, -0.1) is 0 Å². The number of anilines is 1. The van der Waals surface area contributed by atoms with E-state index in [9.17, 15) is 121 Å². The van der Waals surface area contributed by atoms with Crippen LogP contribution in [-0.4, -0.2) is 248 Å². The first-order valence-electron chi connectivity index (χ1n) is 36.8. The van der Waals surface area contributed by atoms with Gasteiger partial charge in [-0.05, 0) is 75.8 Å². The van der Waals surface area contributed by atoms with Crippen LogP contribution in [0.15, 0.2) is 54.7 Å². The molecule has 0 spiro atoms. The molecule has 0 bridgehead atoms. The van der Waals surface area contributed by atoms with Crippen molar-refractivity contribution in [1.82, 2.24) is 74.1 Å². The third-order valence-corrected chi connectivity index (χ3v) is 18.0. The summed E-state index contributed by atoms with van der Waals surface area (Å²) in [5, 5.41) is 78.3. The number of hydrogen-bond donors (Lipinski definition) is 22. The SMILES string of the molecule is CCC(C)CCCCCCC(=O)N[C@@H](Cc1c[nH]c2ccccc12)C(=O)N[C@@H](CC(N)=O)C(=O)N[C@@H](CC(=O)O)C(=O)N[C@@H]1C(=O)NCC(=O)N[C@@H](CCCN)C(=O)N[C@@H](CC(=O)O)C(=O)N[C@H](C)C(=O)N[C@@H](CC(=O)O)C(=O)NCC(=O)N[C@H](CO)C(=O)N[C@@H](CCC(=O)O)C(=O)N[C@@H](CC(=O)c2ccccc2N)C(=O)O[C@@H]1C. The zero-order chi connectivity index (χ0) is 85.8. The van der Waals surface area contributed by atoms with Crippen LogP contribution in [0.4, 0.5) is 5.69 Å². The van der Waals surface area contributed by atoms with Gasteiger partial charge in [0.15, 0.2) is 5.78 Å². The highest BCUT2D eigenvalue weighted by molar-refractivity contribution is 6.05. The molecule has 1 unspecified atom stereocenters. The first-order valence-corrected chi connectivity index (χ1v) is 36.8. The van der Waals surface area contributed by atoms with Gasteiger partial charge in [-0.1, -0.05) is 76.3 Å². The number of aromatic nitrogens is 1. The fourth-order valence-electron chi connectivity index (χ4n) is 11.5. The number of cyclic esters (lactones) is 1. The Hall–Kier alpha value is -12.7. The number of unbranched alkanes of at least 4 members (excludes halogenated alkanes) is 3. The number of aliphatic carboxylic acids is 4. The first-order chi connectivity index (χ1) is 54.3. The molecule has 115 heavy (non-hydrogen) atoms. The molecule has 1 saturated heterocycles. The summed E-state index contributed by atoms with van der Waals surface area (Å²) < 4.78 is 5.66. The number of ketones is 1. The number of nitrogens with one attached hydrogen (secondary N) is 14. The number of primary amides is 1. The largest absolute Gasteiger partial charge is 0.481 e. The molecule has 1 aliphatic rings. The van der Waals surface area contributed by atoms with Gasteiger partial charge >= 0.3 is 29.8 Å². The number of aliphatic hydroxyl groups excluding tert-OH is 1. The van der Waals surface area contributed by atoms with E-state index in [-0.39, 0.29) is 37.1 Å². The molecular weight excluding hydrogens is 1520 g/mol. The van der Waals surface area contributed by atoms with Crippen LogP contribution >= 0.6 is 0 Å². The van der Waals surface area contributed by atoms with Crippen molar-refractivity contribution in [2.75, 3.05) is 32.0 Å². The number of esters is 1. The minimum absolute atomic E-state index is 0.0224. The average Bonchev–Trinajstić information content (AvgIpc) is 1.71. The van der Waals surface area contributed by atoms with Gasteiger partial charge in [-0.2, -0.15) is 0 Å². The number of carboxylic acid groups (broad SMARTS) is 4. The monoisotopic (exact) mass is 1620 g/mol. The van der Waals surface area contributed by atoms with Crippen molar-refractivity contribution >= 4 is 135 Å². The second-order valence-corrected chi connectivity index (χ2v) is 27.3. The van der Waals surface area contributed by atoms with E-state index in [0.717, 1.165) is 39.5 Å². The van der Waals surface area contributed by atoms with Crippen molar-refractivity contribution in [1.29, 1.82) is 0 Å². The quantitative estimate of drug-likeness (QED) is 0.0113. The number of amides is 14. The Balaban J connectivity index is 1.85. The molecule has 14 amide bonds. The van der Waals surface area contributed by atoms with Gasteiger partial charge in [0.2, 0.25) is 82.7 Å². The van der Waals surface area contributed by atoms with Crippen molar-refractivity contribution in [3.05, 3.63) is 65.9 Å². The van der Waals surface area contributed by atoms with Crippen molar-refractivity contribution < 1.29 is 126 Å². The number of H-pyrrole nitrogens is 1. The smallest absolute Gasteiger partial charge is 0.329 e. The van der Waals surface area contributed by atoms with E-state index in [1.165, 1.54) is 24.3 Å². The molecule has 1 aliphatic heterocycles. The highest BCUT2D eigenvalue weighted by Gasteiger charge is 2.40. The van der Waals surface area contributed by atoms with Crippen LogP contribution in [0.5, 0.6) is 0 Å². The number of hydrogen-bond acceptors (Lipinski definition) is 24. The molecule has 43 nitrogen and oxygen atoms in total. The molecule has 25 N–H and O–H groups in total. The molecule has 43 heteroatoms. The number of carbonyl (C=O) groups excluding carboxylic acids is 16. The van der Waals surface area contributed by atoms with Gasteiger partial charge in [-0.25, -0.2) is 4.79 Å². The van der Waals surface area contributed by atoms with Gasteiger partial charge in [-0.3, -0.25) is 91.1 Å². The van der Waals surface area contributed by atoms with E-state index in [2.05, 4.69) is 72.0 Å². The maximum absolute atomic E-state index is 14.8. The summed E-state index contributed by atoms with van der Waals surface area (Å²) in [5.41, 5.74) is 18.1. The van der Waals surface area contributed by atoms with E-state index < -0.39 is 262 Å². The number of aromatic amines is 1. The Morgan fingerprint density at radius 2 is 1.09 bits per heavy atom. The van der Waals surface area contributed by atoms with E-state index >= 15 is 0 Å². The summed E-state index contributed by atoms with van der Waals surface area (Å²) in [5.74, 6) is -27.7. The molecule has 0 saturated carbocycles. The summed E-state index contributed by atoms with van der Waals surface area (Å²) in [4.78, 5) is 275. The number of aliphatic hydroxyl groups is 1. The van der Waals surface area contributed by atoms with E-state index in [1.54, 1.807) is 30.5 Å². The zero-order valence-corrected chi connectivity index (χ0v) is 63.6. The van der Waals surface area contributed by atoms with E-state index in [1.807, 2.05) is 16.0 Å². The lowest BCUT2D eigenvalue weighted by Gasteiger charge is -2.29. The highest BCUT2D eigenvalue weighted by Crippen LogP contribution is 2.21. The Bertz CT molecular complexity index is 4040. The van der Waals surface area contributed by atoms with Gasteiger partial charge in [0.05, 0.1) is 45.4 Å². The van der Waals surface area contributed by atoms with Gasteiger partial charge in [0.1, 0.15) is 72.6 Å². The van der Waals surface area contributed by atoms with Crippen LogP contribution in [0.2, 0.25) is 0 Å². The Kier molecular flexibility index (Phi) is 39.2. The minimum Gasteiger partial charge on any atom is -0.481 e. The lowest BCUT2D eigenvalue weighted by molar-refractivity contribution is -0.156. The van der Waals surface area contributed by atoms with Crippen LogP contribution in [0, 0.1) is 5.92 Å². The summed E-state index contributed by atoms with van der Waals surface area (Å²) in [6.07, 6.45) is -4.28. The van der Waals surface area contributed by atoms with E-state index in [0.29, 0.717) is 35.2 Å². The number of nitrogen functional groups attached to an aromatic ring is 1. The lowest BCUT2D eigenvalue weighted by Crippen LogP contribution is -2.61. The average molecular weight is 1620 g/mol. The van der Waals surface area contributed by atoms with Gasteiger partial charge in [0.25, 0.3) is 0 Å². The highest BCUT2D eigenvalue weighted by atomic mass is 16.5. The van der Waals surface area contributed by atoms with E-state index in [4.69, 9.17) is 21.9 Å². The number of fused-ring (bicyclic) bond motifs is 1. The van der Waals surface area contributed by atoms with Crippen LogP contribution < -0.4 is 86.3 Å². The van der Waals surface area contributed by atoms with Crippen LogP contribution in [0.25, 0.3) is 10.9 Å². The molecule has 4 rings (SSSR count). The molecule has 0 aliphatic carbocycles. The third-order valence-electron chi connectivity index (χ3n) is 18.0. The molecule has 2 heterocycles. The molecule has 2 aromatic carbocycles. The maximum Gasteiger partial charge on any atom is 0.329 e. The second-order valence-electron chi connectivity index (χ2n) is 27.3. The maximum atomic E-state index is 14.8. The number of Topliss-reactive ketones (excluding diaryl/α,β-unsaturated/α-hetero) is 1. The molecule has 1 aromatic heterocycles. The third kappa shape index (κ3) is 32.9. The first kappa shape index (κ1) is 94.7. The molecular formula is C72H101N17O26. The fourth-order valence-corrected chi connectivity index (χ4v) is 11.5. The van der Waals surface area contributed by atoms with Crippen molar-refractivity contribution in [3.63, 3.8) is 0 Å². The van der Waals surface area contributed by atoms with Crippen molar-refractivity contribution in [2.45, 2.75) is 209 Å². The topological polar surface area (TPSA) is 702 Å². The molecule has 13 atom stereocenters. The van der Waals surface area contributed by atoms with Gasteiger partial charge in [0, 0.05) is 54.0 Å². The predicted molar refractivity (Wildman–Crippen MR) is 400 cm³/mol. The normalized spacial score (nSPS) is 21.2. The number of para-hydroxylation sites is 2. The Morgan fingerprint density at radius 1 is 0.548 bits per heavy atom. The molecule has 3 aromatic rings. The number of ether oxygens (including phenoxy) is 1. The molecule has 0 radical (unpaired) electrons. The summed E-state index contributed by atoms with van der Waals surface area (Å²) >= 11 is 0. The predicted octanol–water partition coefficient (Wildman–Crippen LogP) is -5.62. The van der Waals surface area contributed by atoms with Gasteiger partial charge < -0.3 is 122 Å². The Labute approximate surface area is 657 Å². The van der Waals surface area contributed by atoms with Crippen molar-refractivity contribution in [3.8, 4) is 0 Å². The molecule has 1 fully saturated rings. The lowest BCUT2D eigenvalue weighted by atomic mass is 10.00. The number of carbonyl (C=O) groups is 20.